The molecule has 84 valence electrons. The highest BCUT2D eigenvalue weighted by molar-refractivity contribution is 7.21. The van der Waals surface area contributed by atoms with E-state index in [0.717, 1.165) is 17.0 Å². The zero-order valence-electron chi connectivity index (χ0n) is 8.52. The van der Waals surface area contributed by atoms with Crippen LogP contribution in [0, 0.1) is 6.92 Å². The standard InChI is InChI=1S/C10H10N2O3S/c1-4-2-5(3-13)6-7(11)8(10(14)15)16-9(6)12-4/h2,13H,3,11H2,1H3,(H,14,15). The number of aryl methyl sites for hydroxylation is 1. The highest BCUT2D eigenvalue weighted by Crippen LogP contribution is 2.35. The second kappa shape index (κ2) is 3.73. The van der Waals surface area contributed by atoms with Gasteiger partial charge in [-0.2, -0.15) is 0 Å². The predicted molar refractivity (Wildman–Crippen MR) is 61.7 cm³/mol. The molecule has 0 amide bonds. The smallest absolute Gasteiger partial charge is 0.348 e. The van der Waals surface area contributed by atoms with E-state index >= 15 is 0 Å². The Morgan fingerprint density at radius 2 is 2.31 bits per heavy atom. The summed E-state index contributed by atoms with van der Waals surface area (Å²) < 4.78 is 0. The molecule has 0 saturated carbocycles. The Balaban J connectivity index is 2.85. The van der Waals surface area contributed by atoms with Crippen molar-refractivity contribution in [2.75, 3.05) is 5.73 Å². The van der Waals surface area contributed by atoms with Crippen LogP contribution < -0.4 is 5.73 Å². The number of carboxylic acid groups (broad SMARTS) is 1. The molecule has 2 aromatic heterocycles. The molecule has 0 atom stereocenters. The third kappa shape index (κ3) is 1.52. The maximum atomic E-state index is 10.9. The number of aliphatic hydroxyl groups is 1. The van der Waals surface area contributed by atoms with Crippen LogP contribution in [0.4, 0.5) is 5.69 Å². The average molecular weight is 238 g/mol. The van der Waals surface area contributed by atoms with E-state index in [2.05, 4.69) is 4.98 Å². The average Bonchev–Trinajstić information content (AvgIpc) is 2.55. The first-order valence-corrected chi connectivity index (χ1v) is 5.39. The van der Waals surface area contributed by atoms with Gasteiger partial charge in [0.1, 0.15) is 9.71 Å². The summed E-state index contributed by atoms with van der Waals surface area (Å²) in [6, 6.07) is 1.71. The van der Waals surface area contributed by atoms with Crippen LogP contribution in [-0.2, 0) is 6.61 Å². The van der Waals surface area contributed by atoms with Crippen LogP contribution in [-0.4, -0.2) is 21.2 Å². The molecule has 5 nitrogen and oxygen atoms in total. The molecule has 6 heteroatoms. The van der Waals surface area contributed by atoms with Gasteiger partial charge in [-0.1, -0.05) is 0 Å². The van der Waals surface area contributed by atoms with Crippen LogP contribution in [0.25, 0.3) is 10.2 Å². The SMILES string of the molecule is Cc1cc(CO)c2c(N)c(C(=O)O)sc2n1. The van der Waals surface area contributed by atoms with Crippen LogP contribution >= 0.6 is 11.3 Å². The van der Waals surface area contributed by atoms with Gasteiger partial charge in [-0.3, -0.25) is 0 Å². The first-order chi connectivity index (χ1) is 7.54. The number of aromatic nitrogens is 1. The second-order valence-corrected chi connectivity index (χ2v) is 4.41. The number of hydrogen-bond acceptors (Lipinski definition) is 5. The van der Waals surface area contributed by atoms with E-state index in [1.54, 1.807) is 13.0 Å². The normalized spacial score (nSPS) is 10.9. The lowest BCUT2D eigenvalue weighted by molar-refractivity contribution is 0.0703. The first-order valence-electron chi connectivity index (χ1n) is 4.57. The van der Waals surface area contributed by atoms with Crippen molar-refractivity contribution in [1.29, 1.82) is 0 Å². The topological polar surface area (TPSA) is 96.4 Å². The van der Waals surface area contributed by atoms with Gasteiger partial charge in [-0.15, -0.1) is 11.3 Å². The molecule has 0 aliphatic heterocycles. The molecular formula is C10H10N2O3S. The monoisotopic (exact) mass is 238 g/mol. The number of hydrogen-bond donors (Lipinski definition) is 3. The first kappa shape index (κ1) is 10.8. The van der Waals surface area contributed by atoms with Crippen LogP contribution in [0.5, 0.6) is 0 Å². The maximum absolute atomic E-state index is 10.9. The number of anilines is 1. The summed E-state index contributed by atoms with van der Waals surface area (Å²) in [5, 5.41) is 18.7. The quantitative estimate of drug-likeness (QED) is 0.734. The van der Waals surface area contributed by atoms with Gasteiger partial charge in [0, 0.05) is 11.1 Å². The number of pyridine rings is 1. The van der Waals surface area contributed by atoms with Crippen molar-refractivity contribution in [3.8, 4) is 0 Å². The summed E-state index contributed by atoms with van der Waals surface area (Å²) in [4.78, 5) is 15.8. The lowest BCUT2D eigenvalue weighted by atomic mass is 10.1. The number of aliphatic hydroxyl groups excluding tert-OH is 1. The van der Waals surface area contributed by atoms with Crippen molar-refractivity contribution in [1.82, 2.24) is 4.98 Å². The summed E-state index contributed by atoms with van der Waals surface area (Å²) in [7, 11) is 0. The van der Waals surface area contributed by atoms with E-state index in [-0.39, 0.29) is 17.2 Å². The summed E-state index contributed by atoms with van der Waals surface area (Å²) in [5.74, 6) is -1.07. The number of carbonyl (C=O) groups is 1. The number of nitrogens with zero attached hydrogens (tertiary/aromatic N) is 1. The minimum absolute atomic E-state index is 0.0720. The third-order valence-electron chi connectivity index (χ3n) is 2.27. The van der Waals surface area contributed by atoms with E-state index in [9.17, 15) is 9.90 Å². The molecule has 0 aromatic carbocycles. The Morgan fingerprint density at radius 1 is 1.62 bits per heavy atom. The Labute approximate surface area is 95.2 Å². The molecule has 2 aromatic rings. The minimum atomic E-state index is -1.07. The summed E-state index contributed by atoms with van der Waals surface area (Å²) in [5.41, 5.74) is 7.27. The number of aromatic carboxylic acids is 1. The van der Waals surface area contributed by atoms with E-state index in [1.807, 2.05) is 0 Å². The zero-order valence-corrected chi connectivity index (χ0v) is 9.34. The molecule has 0 radical (unpaired) electrons. The fourth-order valence-electron chi connectivity index (χ4n) is 1.62. The van der Waals surface area contributed by atoms with Crippen molar-refractivity contribution in [2.45, 2.75) is 13.5 Å². The molecule has 0 saturated heterocycles. The van der Waals surface area contributed by atoms with Crippen LogP contribution in [0.15, 0.2) is 6.07 Å². The van der Waals surface area contributed by atoms with Crippen molar-refractivity contribution in [2.24, 2.45) is 0 Å². The minimum Gasteiger partial charge on any atom is -0.477 e. The lowest BCUT2D eigenvalue weighted by Gasteiger charge is -2.01. The van der Waals surface area contributed by atoms with E-state index in [4.69, 9.17) is 10.8 Å². The van der Waals surface area contributed by atoms with Gasteiger partial charge in [0.05, 0.1) is 12.3 Å². The van der Waals surface area contributed by atoms with Crippen LogP contribution in [0.3, 0.4) is 0 Å². The lowest BCUT2D eigenvalue weighted by Crippen LogP contribution is -1.98. The van der Waals surface area contributed by atoms with Gasteiger partial charge in [-0.05, 0) is 18.6 Å². The number of nitrogen functional groups attached to an aromatic ring is 1. The van der Waals surface area contributed by atoms with E-state index in [1.165, 1.54) is 0 Å². The number of carboxylic acids is 1. The van der Waals surface area contributed by atoms with Gasteiger partial charge in [0.25, 0.3) is 0 Å². The van der Waals surface area contributed by atoms with E-state index < -0.39 is 5.97 Å². The molecule has 0 bridgehead atoms. The van der Waals surface area contributed by atoms with Crippen LogP contribution in [0.1, 0.15) is 20.9 Å². The van der Waals surface area contributed by atoms with Crippen molar-refractivity contribution in [3.63, 3.8) is 0 Å². The summed E-state index contributed by atoms with van der Waals surface area (Å²) in [6.45, 7) is 1.61. The molecule has 4 N–H and O–H groups in total. The van der Waals surface area contributed by atoms with E-state index in [0.29, 0.717) is 15.8 Å². The largest absolute Gasteiger partial charge is 0.477 e. The molecule has 0 unspecified atom stereocenters. The van der Waals surface area contributed by atoms with Gasteiger partial charge < -0.3 is 15.9 Å². The zero-order chi connectivity index (χ0) is 11.9. The number of nitrogens with two attached hydrogens (primary N) is 1. The fraction of sp³-hybridized carbons (Fsp3) is 0.200. The Bertz CT molecular complexity index is 577. The maximum Gasteiger partial charge on any atom is 0.348 e. The third-order valence-corrected chi connectivity index (χ3v) is 3.36. The molecular weight excluding hydrogens is 228 g/mol. The van der Waals surface area contributed by atoms with Gasteiger partial charge in [0.15, 0.2) is 0 Å². The number of rotatable bonds is 2. The summed E-state index contributed by atoms with van der Waals surface area (Å²) in [6.07, 6.45) is 0. The molecule has 0 fully saturated rings. The Morgan fingerprint density at radius 3 is 2.88 bits per heavy atom. The van der Waals surface area contributed by atoms with Gasteiger partial charge >= 0.3 is 5.97 Å². The number of thiophene rings is 1. The van der Waals surface area contributed by atoms with Crippen LogP contribution in [0.2, 0.25) is 0 Å². The summed E-state index contributed by atoms with van der Waals surface area (Å²) >= 11 is 1.03. The van der Waals surface area contributed by atoms with Crippen molar-refractivity contribution in [3.05, 3.63) is 22.2 Å². The molecule has 0 aliphatic rings. The molecule has 16 heavy (non-hydrogen) atoms. The highest BCUT2D eigenvalue weighted by atomic mass is 32.1. The predicted octanol–water partition coefficient (Wildman–Crippen LogP) is 1.38. The Hall–Kier alpha value is -1.66. The molecule has 2 heterocycles. The van der Waals surface area contributed by atoms with Gasteiger partial charge in [-0.25, -0.2) is 9.78 Å². The molecule has 0 spiro atoms. The number of fused-ring (bicyclic) bond motifs is 1. The molecule has 2 rings (SSSR count). The van der Waals surface area contributed by atoms with Gasteiger partial charge in [0.2, 0.25) is 0 Å². The van der Waals surface area contributed by atoms with Crippen molar-refractivity contribution < 1.29 is 15.0 Å². The highest BCUT2D eigenvalue weighted by Gasteiger charge is 2.18. The Kier molecular flexibility index (Phi) is 2.53. The molecule has 0 aliphatic carbocycles. The fourth-order valence-corrected chi connectivity index (χ4v) is 2.65. The second-order valence-electron chi connectivity index (χ2n) is 3.41. The van der Waals surface area contributed by atoms with Crippen molar-refractivity contribution >= 4 is 33.2 Å².